The lowest BCUT2D eigenvalue weighted by molar-refractivity contribution is -0.132. The number of nitrogens with one attached hydrogen (secondary N) is 1. The van der Waals surface area contributed by atoms with E-state index in [-0.39, 0.29) is 36.0 Å². The number of carbonyl (C=O) groups excluding carboxylic acids is 1. The predicted octanol–water partition coefficient (Wildman–Crippen LogP) is -0.0408. The van der Waals surface area contributed by atoms with Crippen molar-refractivity contribution in [3.63, 3.8) is 0 Å². The molecule has 0 bridgehead atoms. The molecule has 1 saturated carbocycles. The van der Waals surface area contributed by atoms with Crippen molar-refractivity contribution < 1.29 is 13.2 Å². The Balaban J connectivity index is 1.47. The summed E-state index contributed by atoms with van der Waals surface area (Å²) >= 11 is 0. The number of rotatable bonds is 7. The number of carbonyl (C=O) groups is 1. The van der Waals surface area contributed by atoms with Crippen LogP contribution in [0.4, 0.5) is 0 Å². The van der Waals surface area contributed by atoms with Crippen LogP contribution >= 0.6 is 0 Å². The van der Waals surface area contributed by atoms with Gasteiger partial charge in [0.05, 0.1) is 30.8 Å². The number of amides is 1. The molecule has 1 unspecified atom stereocenters. The Kier molecular flexibility index (Phi) is 4.72. The highest BCUT2D eigenvalue weighted by molar-refractivity contribution is 7.91. The topological polar surface area (TPSA) is 84.3 Å². The van der Waals surface area contributed by atoms with Crippen LogP contribution in [0, 0.1) is 6.92 Å². The second-order valence-electron chi connectivity index (χ2n) is 6.55. The maximum Gasteiger partial charge on any atom is 0.237 e. The summed E-state index contributed by atoms with van der Waals surface area (Å²) in [7, 11) is -2.96. The van der Waals surface area contributed by atoms with Crippen LogP contribution in [0.15, 0.2) is 12.4 Å². The van der Waals surface area contributed by atoms with E-state index < -0.39 is 9.84 Å². The number of hydrogen-bond acceptors (Lipinski definition) is 5. The number of nitrogens with zero attached hydrogens (tertiary/aromatic N) is 3. The minimum Gasteiger partial charge on any atom is -0.335 e. The van der Waals surface area contributed by atoms with E-state index in [0.717, 1.165) is 18.4 Å². The molecular weight excluding hydrogens is 316 g/mol. The lowest BCUT2D eigenvalue weighted by Gasteiger charge is -2.28. The van der Waals surface area contributed by atoms with Crippen molar-refractivity contribution in [2.24, 2.45) is 0 Å². The van der Waals surface area contributed by atoms with Crippen LogP contribution in [0.5, 0.6) is 0 Å². The summed E-state index contributed by atoms with van der Waals surface area (Å²) in [6.07, 6.45) is 6.34. The molecular formula is C15H24N4O3S. The fourth-order valence-electron chi connectivity index (χ4n) is 3.12. The molecule has 0 aromatic carbocycles. The first-order valence-corrected chi connectivity index (χ1v) is 9.98. The standard InChI is InChI=1S/C15H24N4O3S/c1-12-8-17-18(10-12)6-5-16-9-15(20)19(13-2-3-13)14-4-7-23(21,22)11-14/h8,10,13-14,16H,2-7,9,11H2,1H3. The van der Waals surface area contributed by atoms with Gasteiger partial charge in [-0.1, -0.05) is 0 Å². The van der Waals surface area contributed by atoms with E-state index in [1.165, 1.54) is 0 Å². The molecule has 1 saturated heterocycles. The van der Waals surface area contributed by atoms with Gasteiger partial charge < -0.3 is 10.2 Å². The van der Waals surface area contributed by atoms with E-state index in [1.54, 1.807) is 6.20 Å². The van der Waals surface area contributed by atoms with Crippen LogP contribution in [0.25, 0.3) is 0 Å². The molecule has 7 nitrogen and oxygen atoms in total. The summed E-state index contributed by atoms with van der Waals surface area (Å²) in [5.41, 5.74) is 1.11. The number of aryl methyl sites for hydroxylation is 1. The highest BCUT2D eigenvalue weighted by Gasteiger charge is 2.41. The molecule has 1 amide bonds. The molecule has 1 aromatic heterocycles. The minimum absolute atomic E-state index is 0.0197. The van der Waals surface area contributed by atoms with Gasteiger partial charge in [-0.15, -0.1) is 0 Å². The molecule has 2 aliphatic rings. The molecule has 1 aromatic rings. The number of aromatic nitrogens is 2. The molecule has 2 fully saturated rings. The van der Waals surface area contributed by atoms with Gasteiger partial charge >= 0.3 is 0 Å². The van der Waals surface area contributed by atoms with E-state index in [0.29, 0.717) is 19.5 Å². The highest BCUT2D eigenvalue weighted by Crippen LogP contribution is 2.32. The Bertz CT molecular complexity index is 666. The number of sulfone groups is 1. The van der Waals surface area contributed by atoms with Crippen molar-refractivity contribution in [2.45, 2.75) is 44.8 Å². The van der Waals surface area contributed by atoms with Crippen LogP contribution in [-0.2, 0) is 21.2 Å². The molecule has 1 aliphatic heterocycles. The fourth-order valence-corrected chi connectivity index (χ4v) is 4.83. The molecule has 1 N–H and O–H groups in total. The third-order valence-corrected chi connectivity index (χ3v) is 6.14. The van der Waals surface area contributed by atoms with Crippen LogP contribution in [0.1, 0.15) is 24.8 Å². The predicted molar refractivity (Wildman–Crippen MR) is 86.8 cm³/mol. The van der Waals surface area contributed by atoms with Gasteiger partial charge in [-0.2, -0.15) is 5.10 Å². The summed E-state index contributed by atoms with van der Waals surface area (Å²) in [4.78, 5) is 14.3. The lowest BCUT2D eigenvalue weighted by atomic mass is 10.2. The van der Waals surface area contributed by atoms with Crippen molar-refractivity contribution in [1.29, 1.82) is 0 Å². The summed E-state index contributed by atoms with van der Waals surface area (Å²) in [5.74, 6) is 0.355. The first-order chi connectivity index (χ1) is 10.9. The Hall–Kier alpha value is -1.41. The van der Waals surface area contributed by atoms with E-state index in [1.807, 2.05) is 22.7 Å². The Morgan fingerprint density at radius 1 is 1.39 bits per heavy atom. The van der Waals surface area contributed by atoms with Gasteiger partial charge in [0.1, 0.15) is 0 Å². The van der Waals surface area contributed by atoms with Crippen LogP contribution < -0.4 is 5.32 Å². The molecule has 128 valence electrons. The van der Waals surface area contributed by atoms with E-state index in [9.17, 15) is 13.2 Å². The van der Waals surface area contributed by atoms with Crippen LogP contribution in [0.2, 0.25) is 0 Å². The van der Waals surface area contributed by atoms with E-state index in [2.05, 4.69) is 10.4 Å². The molecule has 1 aliphatic carbocycles. The quantitative estimate of drug-likeness (QED) is 0.704. The van der Waals surface area contributed by atoms with Gasteiger partial charge in [0.2, 0.25) is 5.91 Å². The summed E-state index contributed by atoms with van der Waals surface area (Å²) < 4.78 is 25.2. The molecule has 8 heteroatoms. The van der Waals surface area contributed by atoms with Crippen molar-refractivity contribution in [2.75, 3.05) is 24.6 Å². The van der Waals surface area contributed by atoms with Crippen molar-refractivity contribution >= 4 is 15.7 Å². The number of hydrogen-bond donors (Lipinski definition) is 1. The van der Waals surface area contributed by atoms with Crippen molar-refractivity contribution in [1.82, 2.24) is 20.0 Å². The van der Waals surface area contributed by atoms with E-state index >= 15 is 0 Å². The summed E-state index contributed by atoms with van der Waals surface area (Å²) in [6.45, 7) is 3.62. The first kappa shape index (κ1) is 16.4. The van der Waals surface area contributed by atoms with Gasteiger partial charge in [-0.3, -0.25) is 9.48 Å². The lowest BCUT2D eigenvalue weighted by Crippen LogP contribution is -2.46. The molecule has 1 atom stereocenters. The van der Waals surface area contributed by atoms with Gasteiger partial charge in [0.25, 0.3) is 0 Å². The summed E-state index contributed by atoms with van der Waals surface area (Å²) in [6, 6.07) is 0.118. The zero-order valence-corrected chi connectivity index (χ0v) is 14.3. The largest absolute Gasteiger partial charge is 0.335 e. The SMILES string of the molecule is Cc1cnn(CCNCC(=O)N(C2CC2)C2CCS(=O)(=O)C2)c1. The third-order valence-electron chi connectivity index (χ3n) is 4.39. The maximum absolute atomic E-state index is 12.5. The first-order valence-electron chi connectivity index (χ1n) is 8.16. The second-order valence-corrected chi connectivity index (χ2v) is 8.78. The fraction of sp³-hybridized carbons (Fsp3) is 0.733. The van der Waals surface area contributed by atoms with Crippen LogP contribution in [-0.4, -0.2) is 65.7 Å². The van der Waals surface area contributed by atoms with Gasteiger partial charge in [0, 0.05) is 24.8 Å². The summed E-state index contributed by atoms with van der Waals surface area (Å²) in [5, 5.41) is 7.35. The second kappa shape index (κ2) is 6.60. The molecule has 23 heavy (non-hydrogen) atoms. The minimum atomic E-state index is -2.96. The van der Waals surface area contributed by atoms with Gasteiger partial charge in [-0.05, 0) is 31.7 Å². The molecule has 0 spiro atoms. The van der Waals surface area contributed by atoms with Gasteiger partial charge in [-0.25, -0.2) is 8.42 Å². The normalized spacial score (nSPS) is 23.1. The van der Waals surface area contributed by atoms with E-state index in [4.69, 9.17) is 0 Å². The smallest absolute Gasteiger partial charge is 0.237 e. The highest BCUT2D eigenvalue weighted by atomic mass is 32.2. The maximum atomic E-state index is 12.5. The van der Waals surface area contributed by atoms with Gasteiger partial charge in [0.15, 0.2) is 9.84 Å². The zero-order valence-electron chi connectivity index (χ0n) is 13.4. The monoisotopic (exact) mass is 340 g/mol. The zero-order chi connectivity index (χ0) is 16.4. The Morgan fingerprint density at radius 2 is 2.17 bits per heavy atom. The average molecular weight is 340 g/mol. The van der Waals surface area contributed by atoms with Crippen molar-refractivity contribution in [3.8, 4) is 0 Å². The molecule has 0 radical (unpaired) electrons. The van der Waals surface area contributed by atoms with Crippen molar-refractivity contribution in [3.05, 3.63) is 18.0 Å². The third kappa shape index (κ3) is 4.32. The molecule has 3 rings (SSSR count). The Labute approximate surface area is 137 Å². The van der Waals surface area contributed by atoms with Crippen LogP contribution in [0.3, 0.4) is 0 Å². The Morgan fingerprint density at radius 3 is 2.74 bits per heavy atom. The average Bonchev–Trinajstić information content (AvgIpc) is 3.12. The molecule has 2 heterocycles.